The molecule has 134 valence electrons. The van der Waals surface area contributed by atoms with Crippen LogP contribution in [0.25, 0.3) is 0 Å². The van der Waals surface area contributed by atoms with E-state index in [0.717, 1.165) is 14.8 Å². The van der Waals surface area contributed by atoms with Gasteiger partial charge in [0.1, 0.15) is 5.92 Å². The van der Waals surface area contributed by atoms with Crippen molar-refractivity contribution in [2.45, 2.75) is 5.92 Å². The normalized spacial score (nSPS) is 11.7. The number of aromatic hydroxyl groups is 1. The molecule has 1 aromatic heterocycles. The summed E-state index contributed by atoms with van der Waals surface area (Å²) in [4.78, 5) is 26.5. The lowest BCUT2D eigenvalue weighted by Gasteiger charge is -2.21. The highest BCUT2D eigenvalue weighted by molar-refractivity contribution is 5.49. The Balaban J connectivity index is 2.81. The number of aromatic nitrogens is 2. The standard InChI is InChI=1S/C18H19N5O3/c1-21(2)13-7-5-11(6-8-13)14(12(9-19)10-20)15-16(24)22(3)18(26)23(4)17(15)25/h5-8,12,14,24H,1-4H3. The van der Waals surface area contributed by atoms with Crippen LogP contribution in [0.1, 0.15) is 17.0 Å². The first-order valence-corrected chi connectivity index (χ1v) is 7.80. The van der Waals surface area contributed by atoms with Crippen LogP contribution in [0.5, 0.6) is 5.88 Å². The van der Waals surface area contributed by atoms with Crippen molar-refractivity contribution in [1.29, 1.82) is 10.5 Å². The zero-order chi connectivity index (χ0) is 19.6. The molecule has 8 nitrogen and oxygen atoms in total. The first kappa shape index (κ1) is 18.8. The van der Waals surface area contributed by atoms with Gasteiger partial charge in [0.2, 0.25) is 5.88 Å². The van der Waals surface area contributed by atoms with Crippen molar-refractivity contribution in [3.8, 4) is 18.0 Å². The minimum atomic E-state index is -1.21. The molecule has 1 unspecified atom stereocenters. The van der Waals surface area contributed by atoms with E-state index in [9.17, 15) is 25.2 Å². The topological polar surface area (TPSA) is 115 Å². The molecule has 2 rings (SSSR count). The van der Waals surface area contributed by atoms with Crippen LogP contribution in [0.15, 0.2) is 33.9 Å². The summed E-state index contributed by atoms with van der Waals surface area (Å²) < 4.78 is 1.77. The molecule has 8 heteroatoms. The van der Waals surface area contributed by atoms with Crippen molar-refractivity contribution in [1.82, 2.24) is 9.13 Å². The molecule has 1 atom stereocenters. The second-order valence-electron chi connectivity index (χ2n) is 6.14. The third-order valence-electron chi connectivity index (χ3n) is 4.36. The molecule has 0 saturated heterocycles. The molecule has 0 aliphatic rings. The van der Waals surface area contributed by atoms with Crippen LogP contribution >= 0.6 is 0 Å². The van der Waals surface area contributed by atoms with Gasteiger partial charge in [-0.25, -0.2) is 4.79 Å². The van der Waals surface area contributed by atoms with Crippen LogP contribution in [-0.4, -0.2) is 28.3 Å². The van der Waals surface area contributed by atoms with E-state index in [4.69, 9.17) is 0 Å². The summed E-state index contributed by atoms with van der Waals surface area (Å²) in [6.45, 7) is 0. The van der Waals surface area contributed by atoms with E-state index in [1.54, 1.807) is 24.3 Å². The van der Waals surface area contributed by atoms with Crippen LogP contribution in [0.3, 0.4) is 0 Å². The van der Waals surface area contributed by atoms with Crippen LogP contribution in [0.4, 0.5) is 5.69 Å². The average molecular weight is 353 g/mol. The average Bonchev–Trinajstić information content (AvgIpc) is 2.64. The Morgan fingerprint density at radius 1 is 1.04 bits per heavy atom. The Morgan fingerprint density at radius 3 is 2.04 bits per heavy atom. The Kier molecular flexibility index (Phi) is 5.18. The Labute approximate surface area is 150 Å². The number of rotatable bonds is 4. The van der Waals surface area contributed by atoms with E-state index in [-0.39, 0.29) is 5.56 Å². The van der Waals surface area contributed by atoms with Gasteiger partial charge in [0.05, 0.1) is 17.7 Å². The van der Waals surface area contributed by atoms with Crippen molar-refractivity contribution in [2.75, 3.05) is 19.0 Å². The molecule has 1 aromatic carbocycles. The fourth-order valence-electron chi connectivity index (χ4n) is 2.82. The van der Waals surface area contributed by atoms with Crippen molar-refractivity contribution >= 4 is 5.69 Å². The van der Waals surface area contributed by atoms with Crippen molar-refractivity contribution in [2.24, 2.45) is 20.0 Å². The lowest BCUT2D eigenvalue weighted by Crippen LogP contribution is -2.40. The molecule has 26 heavy (non-hydrogen) atoms. The second kappa shape index (κ2) is 7.16. The number of nitriles is 2. The lowest BCUT2D eigenvalue weighted by atomic mass is 9.82. The summed E-state index contributed by atoms with van der Waals surface area (Å²) >= 11 is 0. The highest BCUT2D eigenvalue weighted by Crippen LogP contribution is 2.34. The number of hydrogen-bond acceptors (Lipinski definition) is 6. The van der Waals surface area contributed by atoms with E-state index in [0.29, 0.717) is 5.56 Å². The molecule has 0 radical (unpaired) electrons. The third kappa shape index (κ3) is 3.05. The fourth-order valence-corrected chi connectivity index (χ4v) is 2.82. The molecule has 0 amide bonds. The maximum atomic E-state index is 12.7. The maximum Gasteiger partial charge on any atom is 0.333 e. The minimum absolute atomic E-state index is 0.152. The number of hydrogen-bond donors (Lipinski definition) is 1. The van der Waals surface area contributed by atoms with E-state index >= 15 is 0 Å². The summed E-state index contributed by atoms with van der Waals surface area (Å²) in [5.41, 5.74) is -0.156. The monoisotopic (exact) mass is 353 g/mol. The largest absolute Gasteiger partial charge is 0.494 e. The van der Waals surface area contributed by atoms with Crippen LogP contribution < -0.4 is 16.1 Å². The van der Waals surface area contributed by atoms with Gasteiger partial charge < -0.3 is 10.0 Å². The van der Waals surface area contributed by atoms with Crippen LogP contribution in [0.2, 0.25) is 0 Å². The first-order chi connectivity index (χ1) is 12.2. The van der Waals surface area contributed by atoms with Crippen molar-refractivity contribution in [3.05, 3.63) is 56.2 Å². The lowest BCUT2D eigenvalue weighted by molar-refractivity contribution is 0.397. The van der Waals surface area contributed by atoms with Crippen molar-refractivity contribution < 1.29 is 5.11 Å². The number of benzene rings is 1. The predicted molar refractivity (Wildman–Crippen MR) is 95.9 cm³/mol. The summed E-state index contributed by atoms with van der Waals surface area (Å²) in [6.07, 6.45) is 0. The highest BCUT2D eigenvalue weighted by atomic mass is 16.3. The summed E-state index contributed by atoms with van der Waals surface area (Å²) in [5.74, 6) is -2.75. The van der Waals surface area contributed by atoms with E-state index in [1.165, 1.54) is 14.1 Å². The van der Waals surface area contributed by atoms with Gasteiger partial charge >= 0.3 is 5.69 Å². The molecule has 1 N–H and O–H groups in total. The minimum Gasteiger partial charge on any atom is -0.494 e. The van der Waals surface area contributed by atoms with Crippen LogP contribution in [0, 0.1) is 28.6 Å². The zero-order valence-electron chi connectivity index (χ0n) is 15.0. The summed E-state index contributed by atoms with van der Waals surface area (Å²) in [5, 5.41) is 29.2. The van der Waals surface area contributed by atoms with Gasteiger partial charge in [-0.05, 0) is 17.7 Å². The Morgan fingerprint density at radius 2 is 1.58 bits per heavy atom. The molecule has 0 aliphatic carbocycles. The Hall–Kier alpha value is -3.52. The van der Waals surface area contributed by atoms with Gasteiger partial charge in [0, 0.05) is 39.8 Å². The predicted octanol–water partition coefficient (Wildman–Crippen LogP) is 0.651. The molecule has 0 fully saturated rings. The van der Waals surface area contributed by atoms with Crippen molar-refractivity contribution in [3.63, 3.8) is 0 Å². The van der Waals surface area contributed by atoms with Gasteiger partial charge in [-0.2, -0.15) is 10.5 Å². The molecular weight excluding hydrogens is 334 g/mol. The molecular formula is C18H19N5O3. The SMILES string of the molecule is CN(C)c1ccc(C(c2c(O)n(C)c(=O)n(C)c2=O)C(C#N)C#N)cc1. The van der Waals surface area contributed by atoms with E-state index < -0.39 is 29.0 Å². The van der Waals surface area contributed by atoms with Gasteiger partial charge in [-0.3, -0.25) is 13.9 Å². The fraction of sp³-hybridized carbons (Fsp3) is 0.333. The van der Waals surface area contributed by atoms with E-state index in [2.05, 4.69) is 0 Å². The summed E-state index contributed by atoms with van der Waals surface area (Å²) in [6, 6.07) is 10.7. The number of anilines is 1. The quantitative estimate of drug-likeness (QED) is 0.863. The van der Waals surface area contributed by atoms with Gasteiger partial charge in [-0.1, -0.05) is 12.1 Å². The molecule has 1 heterocycles. The third-order valence-corrected chi connectivity index (χ3v) is 4.36. The second-order valence-corrected chi connectivity index (χ2v) is 6.14. The molecule has 0 saturated carbocycles. The summed E-state index contributed by atoms with van der Waals surface area (Å²) in [7, 11) is 6.34. The van der Waals surface area contributed by atoms with Crippen LogP contribution in [-0.2, 0) is 14.1 Å². The van der Waals surface area contributed by atoms with Gasteiger partial charge in [-0.15, -0.1) is 0 Å². The zero-order valence-corrected chi connectivity index (χ0v) is 15.0. The van der Waals surface area contributed by atoms with Gasteiger partial charge in [0.25, 0.3) is 5.56 Å². The molecule has 2 aromatic rings. The maximum absolute atomic E-state index is 12.7. The molecule has 0 spiro atoms. The molecule has 0 aliphatic heterocycles. The highest BCUT2D eigenvalue weighted by Gasteiger charge is 2.32. The molecule has 0 bridgehead atoms. The smallest absolute Gasteiger partial charge is 0.333 e. The van der Waals surface area contributed by atoms with Gasteiger partial charge in [0.15, 0.2) is 0 Å². The Bertz CT molecular complexity index is 1010. The first-order valence-electron chi connectivity index (χ1n) is 7.80. The van der Waals surface area contributed by atoms with E-state index in [1.807, 2.05) is 31.1 Å². The number of nitrogens with zero attached hydrogens (tertiary/aromatic N) is 5.